The summed E-state index contributed by atoms with van der Waals surface area (Å²) < 4.78 is 0. The van der Waals surface area contributed by atoms with E-state index in [1.807, 2.05) is 0 Å². The van der Waals surface area contributed by atoms with E-state index < -0.39 is 0 Å². The normalized spacial score (nSPS) is 27.4. The molecule has 0 radical (unpaired) electrons. The fraction of sp³-hybridized carbons (Fsp3) is 0.692. The third kappa shape index (κ3) is 1.72. The lowest BCUT2D eigenvalue weighted by Crippen LogP contribution is -2.29. The average Bonchev–Trinajstić information content (AvgIpc) is 2.04. The van der Waals surface area contributed by atoms with Crippen molar-refractivity contribution in [2.45, 2.75) is 47.0 Å². The maximum Gasteiger partial charge on any atom is 0.00672 e. The van der Waals surface area contributed by atoms with Gasteiger partial charge in [0.2, 0.25) is 0 Å². The summed E-state index contributed by atoms with van der Waals surface area (Å²) in [5.41, 5.74) is 4.76. The van der Waals surface area contributed by atoms with Gasteiger partial charge in [-0.25, -0.2) is 0 Å². The van der Waals surface area contributed by atoms with Crippen molar-refractivity contribution in [1.29, 1.82) is 0 Å². The monoisotopic (exact) mass is 178 g/mol. The van der Waals surface area contributed by atoms with Gasteiger partial charge in [0, 0.05) is 5.92 Å². The molecule has 1 rings (SSSR count). The molecular weight excluding hydrogens is 156 g/mol. The first kappa shape index (κ1) is 10.6. The summed E-state index contributed by atoms with van der Waals surface area (Å²) in [4.78, 5) is 0. The van der Waals surface area contributed by atoms with E-state index in [1.165, 1.54) is 24.8 Å². The zero-order chi connectivity index (χ0) is 10.0. The van der Waals surface area contributed by atoms with Crippen LogP contribution in [0.15, 0.2) is 23.3 Å². The van der Waals surface area contributed by atoms with Gasteiger partial charge >= 0.3 is 0 Å². The van der Waals surface area contributed by atoms with Crippen LogP contribution in [0.2, 0.25) is 0 Å². The van der Waals surface area contributed by atoms with Gasteiger partial charge in [0.05, 0.1) is 0 Å². The van der Waals surface area contributed by atoms with Gasteiger partial charge in [-0.2, -0.15) is 0 Å². The summed E-state index contributed by atoms with van der Waals surface area (Å²) in [6.45, 7) is 13.1. The standard InChI is InChI=1S/C13H22/c1-6-8-12-11(7-2)10(5)13(12)9(3)4/h10,13H,3,6-8H2,1-2,4-5H3. The van der Waals surface area contributed by atoms with Crippen LogP contribution in [0.3, 0.4) is 0 Å². The summed E-state index contributed by atoms with van der Waals surface area (Å²) in [5, 5.41) is 0. The molecule has 0 nitrogen and oxygen atoms in total. The van der Waals surface area contributed by atoms with Crippen molar-refractivity contribution in [1.82, 2.24) is 0 Å². The molecule has 0 N–H and O–H groups in total. The summed E-state index contributed by atoms with van der Waals surface area (Å²) in [5.74, 6) is 1.47. The summed E-state index contributed by atoms with van der Waals surface area (Å²) >= 11 is 0. The van der Waals surface area contributed by atoms with Crippen LogP contribution < -0.4 is 0 Å². The molecule has 0 aliphatic heterocycles. The molecule has 0 aromatic rings. The van der Waals surface area contributed by atoms with Gasteiger partial charge in [0.25, 0.3) is 0 Å². The molecule has 0 bridgehead atoms. The Morgan fingerprint density at radius 2 is 1.92 bits per heavy atom. The zero-order valence-electron chi connectivity index (χ0n) is 9.48. The first-order valence-electron chi connectivity index (χ1n) is 5.50. The average molecular weight is 178 g/mol. The minimum atomic E-state index is 0.704. The van der Waals surface area contributed by atoms with E-state index in [0.29, 0.717) is 5.92 Å². The molecule has 0 fully saturated rings. The first-order chi connectivity index (χ1) is 6.13. The predicted molar refractivity (Wildman–Crippen MR) is 59.7 cm³/mol. The molecule has 0 amide bonds. The minimum absolute atomic E-state index is 0.704. The van der Waals surface area contributed by atoms with Crippen molar-refractivity contribution in [3.05, 3.63) is 23.3 Å². The van der Waals surface area contributed by atoms with E-state index in [1.54, 1.807) is 11.1 Å². The molecule has 1 aliphatic rings. The molecule has 2 atom stereocenters. The second-order valence-corrected chi connectivity index (χ2v) is 4.27. The smallest absolute Gasteiger partial charge is 0.00672 e. The van der Waals surface area contributed by atoms with Gasteiger partial charge in [0.1, 0.15) is 0 Å². The number of allylic oxidation sites excluding steroid dienone is 3. The Bertz CT molecular complexity index is 232. The molecule has 0 spiro atoms. The Labute approximate surface area is 82.7 Å². The quantitative estimate of drug-likeness (QED) is 0.562. The topological polar surface area (TPSA) is 0 Å². The van der Waals surface area contributed by atoms with E-state index in [0.717, 1.165) is 5.92 Å². The lowest BCUT2D eigenvalue weighted by molar-refractivity contribution is 0.416. The van der Waals surface area contributed by atoms with E-state index in [4.69, 9.17) is 0 Å². The van der Waals surface area contributed by atoms with Crippen molar-refractivity contribution >= 4 is 0 Å². The largest absolute Gasteiger partial charge is 0.0995 e. The number of rotatable bonds is 4. The SMILES string of the molecule is C=C(C)C1C(CCC)=C(CC)C1C. The van der Waals surface area contributed by atoms with E-state index in [-0.39, 0.29) is 0 Å². The number of hydrogen-bond acceptors (Lipinski definition) is 0. The van der Waals surface area contributed by atoms with Crippen molar-refractivity contribution in [3.63, 3.8) is 0 Å². The van der Waals surface area contributed by atoms with Crippen LogP contribution in [0, 0.1) is 11.8 Å². The molecule has 0 aromatic heterocycles. The van der Waals surface area contributed by atoms with Gasteiger partial charge in [-0.15, -0.1) is 0 Å². The molecule has 1 aliphatic carbocycles. The van der Waals surface area contributed by atoms with Crippen molar-refractivity contribution < 1.29 is 0 Å². The number of hydrogen-bond donors (Lipinski definition) is 0. The van der Waals surface area contributed by atoms with Crippen LogP contribution in [-0.2, 0) is 0 Å². The Hall–Kier alpha value is -0.520. The fourth-order valence-electron chi connectivity index (χ4n) is 2.76. The summed E-state index contributed by atoms with van der Waals surface area (Å²) in [6, 6.07) is 0. The van der Waals surface area contributed by atoms with Crippen molar-refractivity contribution in [2.24, 2.45) is 11.8 Å². The summed E-state index contributed by atoms with van der Waals surface area (Å²) in [6.07, 6.45) is 3.79. The van der Waals surface area contributed by atoms with E-state index in [9.17, 15) is 0 Å². The predicted octanol–water partition coefficient (Wildman–Crippen LogP) is 4.34. The third-order valence-corrected chi connectivity index (χ3v) is 3.27. The van der Waals surface area contributed by atoms with Crippen LogP contribution >= 0.6 is 0 Å². The summed E-state index contributed by atoms with van der Waals surface area (Å²) in [7, 11) is 0. The van der Waals surface area contributed by atoms with Gasteiger partial charge < -0.3 is 0 Å². The Balaban J connectivity index is 2.82. The molecule has 74 valence electrons. The highest BCUT2D eigenvalue weighted by atomic mass is 14.4. The molecule has 0 heterocycles. The molecule has 0 saturated heterocycles. The van der Waals surface area contributed by atoms with Crippen LogP contribution in [-0.4, -0.2) is 0 Å². The highest BCUT2D eigenvalue weighted by Gasteiger charge is 2.35. The molecule has 0 aromatic carbocycles. The first-order valence-corrected chi connectivity index (χ1v) is 5.50. The molecule has 2 unspecified atom stereocenters. The minimum Gasteiger partial charge on any atom is -0.0995 e. The van der Waals surface area contributed by atoms with Gasteiger partial charge in [-0.05, 0) is 25.7 Å². The fourth-order valence-corrected chi connectivity index (χ4v) is 2.76. The van der Waals surface area contributed by atoms with Gasteiger partial charge in [-0.1, -0.05) is 50.5 Å². The molecule has 13 heavy (non-hydrogen) atoms. The second-order valence-electron chi connectivity index (χ2n) is 4.27. The Morgan fingerprint density at radius 3 is 2.31 bits per heavy atom. The van der Waals surface area contributed by atoms with Crippen LogP contribution in [0.5, 0.6) is 0 Å². The van der Waals surface area contributed by atoms with Gasteiger partial charge in [-0.3, -0.25) is 0 Å². The lowest BCUT2D eigenvalue weighted by Gasteiger charge is -2.41. The Morgan fingerprint density at radius 1 is 1.31 bits per heavy atom. The zero-order valence-corrected chi connectivity index (χ0v) is 9.48. The molecule has 0 saturated carbocycles. The Kier molecular flexibility index (Phi) is 3.35. The van der Waals surface area contributed by atoms with Crippen molar-refractivity contribution in [3.8, 4) is 0 Å². The van der Waals surface area contributed by atoms with Crippen molar-refractivity contribution in [2.75, 3.05) is 0 Å². The maximum absolute atomic E-state index is 4.09. The van der Waals surface area contributed by atoms with Crippen LogP contribution in [0.25, 0.3) is 0 Å². The molecule has 0 heteroatoms. The second kappa shape index (κ2) is 4.13. The highest BCUT2D eigenvalue weighted by Crippen LogP contribution is 2.47. The van der Waals surface area contributed by atoms with Crippen LogP contribution in [0.4, 0.5) is 0 Å². The highest BCUT2D eigenvalue weighted by molar-refractivity contribution is 5.37. The molecular formula is C13H22. The van der Waals surface area contributed by atoms with Gasteiger partial charge in [0.15, 0.2) is 0 Å². The van der Waals surface area contributed by atoms with E-state index >= 15 is 0 Å². The lowest BCUT2D eigenvalue weighted by atomic mass is 9.64. The maximum atomic E-state index is 4.09. The van der Waals surface area contributed by atoms with Crippen LogP contribution in [0.1, 0.15) is 47.0 Å². The van der Waals surface area contributed by atoms with E-state index in [2.05, 4.69) is 34.3 Å². The third-order valence-electron chi connectivity index (χ3n) is 3.27.